The lowest BCUT2D eigenvalue weighted by molar-refractivity contribution is -0.180. The van der Waals surface area contributed by atoms with E-state index >= 15 is 0 Å². The summed E-state index contributed by atoms with van der Waals surface area (Å²) >= 11 is 13.1. The van der Waals surface area contributed by atoms with Crippen molar-refractivity contribution in [1.29, 1.82) is 0 Å². The van der Waals surface area contributed by atoms with Gasteiger partial charge in [0.05, 0.1) is 10.0 Å². The Labute approximate surface area is 252 Å². The summed E-state index contributed by atoms with van der Waals surface area (Å²) in [6, 6.07) is 10.9. The highest BCUT2D eigenvalue weighted by atomic mass is 35.5. The molecule has 0 spiro atoms. The van der Waals surface area contributed by atoms with Crippen LogP contribution < -0.4 is 9.47 Å². The second kappa shape index (κ2) is 15.8. The summed E-state index contributed by atoms with van der Waals surface area (Å²) in [7, 11) is 0. The van der Waals surface area contributed by atoms with Gasteiger partial charge in [-0.2, -0.15) is 0 Å². The zero-order valence-electron chi connectivity index (χ0n) is 24.4. The molecule has 41 heavy (non-hydrogen) atoms. The van der Waals surface area contributed by atoms with Gasteiger partial charge in [0.2, 0.25) is 12.6 Å². The first-order valence-corrected chi connectivity index (χ1v) is 13.9. The van der Waals surface area contributed by atoms with Crippen LogP contribution in [0.15, 0.2) is 60.7 Å². The molecule has 0 heterocycles. The lowest BCUT2D eigenvalue weighted by atomic mass is 9.78. The molecule has 0 amide bonds. The van der Waals surface area contributed by atoms with Crippen molar-refractivity contribution in [3.8, 4) is 11.5 Å². The molecule has 0 fully saturated rings. The number of carbonyl (C=O) groups excluding carboxylic acids is 2. The first kappa shape index (κ1) is 34.2. The van der Waals surface area contributed by atoms with Gasteiger partial charge in [-0.3, -0.25) is 0 Å². The van der Waals surface area contributed by atoms with E-state index in [1.165, 1.54) is 0 Å². The summed E-state index contributed by atoms with van der Waals surface area (Å²) in [4.78, 5) is 23.7. The van der Waals surface area contributed by atoms with E-state index in [1.54, 1.807) is 39.8 Å². The topological polar surface area (TPSA) is 89.5 Å². The van der Waals surface area contributed by atoms with Crippen molar-refractivity contribution in [2.75, 3.05) is 26.4 Å². The highest BCUT2D eigenvalue weighted by molar-refractivity contribution is 6.32. The molecule has 0 bridgehead atoms. The highest BCUT2D eigenvalue weighted by Crippen LogP contribution is 2.38. The largest absolute Gasteiger partial charge is 0.485 e. The van der Waals surface area contributed by atoms with Gasteiger partial charge in [0.25, 0.3) is 0 Å². The van der Waals surface area contributed by atoms with E-state index in [0.29, 0.717) is 34.8 Å². The lowest BCUT2D eigenvalue weighted by Gasteiger charge is -2.27. The van der Waals surface area contributed by atoms with Crippen LogP contribution in [0.3, 0.4) is 0 Å². The van der Waals surface area contributed by atoms with Crippen molar-refractivity contribution in [2.45, 2.75) is 59.5 Å². The molecule has 2 atom stereocenters. The van der Waals surface area contributed by atoms with Crippen LogP contribution >= 0.6 is 23.2 Å². The third-order valence-electron chi connectivity index (χ3n) is 5.94. The number of hydrogen-bond acceptors (Lipinski definition) is 8. The molecule has 224 valence electrons. The van der Waals surface area contributed by atoms with Gasteiger partial charge in [0, 0.05) is 29.8 Å². The molecule has 2 aromatic carbocycles. The zero-order valence-corrected chi connectivity index (χ0v) is 25.9. The fraction of sp³-hybridized carbons (Fsp3) is 0.419. The van der Waals surface area contributed by atoms with Gasteiger partial charge >= 0.3 is 11.9 Å². The maximum atomic E-state index is 11.9. The standard InChI is InChI=1S/C31H38Cl2O8/c1-9-36-27(40-29(34)19(3)4)17-38-25-13-11-21(15-23(25)32)31(7,8)22-12-14-26(24(33)16-22)39-18-28(37-10-2)41-30(35)20(5)6/h11-16,27-28H,3,5,9-10,17-18H2,1-2,4,6-8H3. The van der Waals surface area contributed by atoms with Crippen molar-refractivity contribution in [3.05, 3.63) is 81.9 Å². The summed E-state index contributed by atoms with van der Waals surface area (Å²) in [6.07, 6.45) is -1.80. The molecule has 0 N–H and O–H groups in total. The summed E-state index contributed by atoms with van der Waals surface area (Å²) in [5.74, 6) is -0.295. The van der Waals surface area contributed by atoms with Gasteiger partial charge < -0.3 is 28.4 Å². The molecular weight excluding hydrogens is 571 g/mol. The number of benzene rings is 2. The van der Waals surface area contributed by atoms with Crippen LogP contribution in [0.1, 0.15) is 52.7 Å². The van der Waals surface area contributed by atoms with Crippen LogP contribution in [0, 0.1) is 0 Å². The molecule has 0 radical (unpaired) electrons. The fourth-order valence-electron chi connectivity index (χ4n) is 3.54. The van der Waals surface area contributed by atoms with Crippen LogP contribution in [-0.4, -0.2) is 50.9 Å². The van der Waals surface area contributed by atoms with E-state index in [2.05, 4.69) is 13.2 Å². The van der Waals surface area contributed by atoms with Gasteiger partial charge in [0.15, 0.2) is 13.2 Å². The van der Waals surface area contributed by atoms with E-state index < -0.39 is 29.9 Å². The Morgan fingerprint density at radius 1 is 0.756 bits per heavy atom. The minimum atomic E-state index is -0.902. The smallest absolute Gasteiger partial charge is 0.335 e. The van der Waals surface area contributed by atoms with E-state index in [4.69, 9.17) is 51.6 Å². The fourth-order valence-corrected chi connectivity index (χ4v) is 4.01. The molecule has 2 aromatic rings. The molecule has 0 saturated carbocycles. The van der Waals surface area contributed by atoms with Crippen LogP contribution in [0.4, 0.5) is 0 Å². The second-order valence-electron chi connectivity index (χ2n) is 9.68. The SMILES string of the molecule is C=C(C)C(=O)OC(COc1ccc(C(C)(C)c2ccc(OCC(OCC)OC(=O)C(=C)C)c(Cl)c2)cc1Cl)OCC. The average Bonchev–Trinajstić information content (AvgIpc) is 2.91. The third-order valence-corrected chi connectivity index (χ3v) is 6.53. The number of rotatable bonds is 16. The minimum Gasteiger partial charge on any atom is -0.485 e. The number of esters is 2. The van der Waals surface area contributed by atoms with Crippen molar-refractivity contribution >= 4 is 35.1 Å². The summed E-state index contributed by atoms with van der Waals surface area (Å²) in [6.45, 7) is 18.5. The molecule has 2 unspecified atom stereocenters. The third kappa shape index (κ3) is 10.1. The maximum Gasteiger partial charge on any atom is 0.335 e. The van der Waals surface area contributed by atoms with E-state index in [-0.39, 0.29) is 24.4 Å². The van der Waals surface area contributed by atoms with Gasteiger partial charge in [-0.15, -0.1) is 0 Å². The van der Waals surface area contributed by atoms with Crippen LogP contribution in [-0.2, 0) is 34.0 Å². The Bertz CT molecular complexity index is 1150. The number of ether oxygens (including phenoxy) is 6. The first-order valence-electron chi connectivity index (χ1n) is 13.1. The van der Waals surface area contributed by atoms with Gasteiger partial charge in [-0.05, 0) is 63.1 Å². The Balaban J connectivity index is 2.13. The molecule has 8 nitrogen and oxygen atoms in total. The molecule has 0 aliphatic carbocycles. The molecule has 0 aromatic heterocycles. The minimum absolute atomic E-state index is 0.0388. The first-order chi connectivity index (χ1) is 19.3. The number of carbonyl (C=O) groups is 2. The van der Waals surface area contributed by atoms with E-state index in [0.717, 1.165) is 11.1 Å². The van der Waals surface area contributed by atoms with E-state index in [1.807, 2.05) is 38.1 Å². The monoisotopic (exact) mass is 608 g/mol. The van der Waals surface area contributed by atoms with Crippen molar-refractivity contribution in [1.82, 2.24) is 0 Å². The molecule has 2 rings (SSSR count). The molecule has 0 saturated heterocycles. The normalized spacial score (nSPS) is 12.7. The average molecular weight is 610 g/mol. The van der Waals surface area contributed by atoms with Crippen LogP contribution in [0.25, 0.3) is 0 Å². The molecular formula is C31H38Cl2O8. The summed E-state index contributed by atoms with van der Waals surface area (Å²) in [5, 5.41) is 0.767. The lowest BCUT2D eigenvalue weighted by Crippen LogP contribution is -2.28. The van der Waals surface area contributed by atoms with Gasteiger partial charge in [-0.1, -0.05) is 62.3 Å². The van der Waals surface area contributed by atoms with E-state index in [9.17, 15) is 9.59 Å². The van der Waals surface area contributed by atoms with Crippen LogP contribution in [0.5, 0.6) is 11.5 Å². The quantitative estimate of drug-likeness (QED) is 0.114. The predicted octanol–water partition coefficient (Wildman–Crippen LogP) is 7.04. The number of halogens is 2. The van der Waals surface area contributed by atoms with Gasteiger partial charge in [-0.25, -0.2) is 9.59 Å². The molecule has 0 aliphatic rings. The van der Waals surface area contributed by atoms with Gasteiger partial charge in [0.1, 0.15) is 11.5 Å². The summed E-state index contributed by atoms with van der Waals surface area (Å²) < 4.78 is 33.0. The molecule has 0 aliphatic heterocycles. The maximum absolute atomic E-state index is 11.9. The second-order valence-corrected chi connectivity index (χ2v) is 10.5. The Morgan fingerprint density at radius 3 is 1.41 bits per heavy atom. The van der Waals surface area contributed by atoms with Crippen molar-refractivity contribution in [3.63, 3.8) is 0 Å². The highest BCUT2D eigenvalue weighted by Gasteiger charge is 2.26. The zero-order chi connectivity index (χ0) is 30.7. The van der Waals surface area contributed by atoms with Crippen molar-refractivity contribution in [2.24, 2.45) is 0 Å². The van der Waals surface area contributed by atoms with Crippen molar-refractivity contribution < 1.29 is 38.0 Å². The Morgan fingerprint density at radius 2 is 1.12 bits per heavy atom. The predicted molar refractivity (Wildman–Crippen MR) is 159 cm³/mol. The number of hydrogen-bond donors (Lipinski definition) is 0. The molecule has 10 heteroatoms. The summed E-state index contributed by atoms with van der Waals surface area (Å²) in [5.41, 5.74) is 1.87. The van der Waals surface area contributed by atoms with Crippen LogP contribution in [0.2, 0.25) is 10.0 Å². The Kier molecular flexibility index (Phi) is 13.2. The Hall–Kier alpha value is -3.04.